The summed E-state index contributed by atoms with van der Waals surface area (Å²) in [6.07, 6.45) is -0.544. The summed E-state index contributed by atoms with van der Waals surface area (Å²) in [7, 11) is 0. The molecule has 5 rings (SSSR count). The van der Waals surface area contributed by atoms with Crippen LogP contribution in [-0.2, 0) is 0 Å². The van der Waals surface area contributed by atoms with Gasteiger partial charge >= 0.3 is 0 Å². The van der Waals surface area contributed by atoms with E-state index >= 15 is 0 Å². The van der Waals surface area contributed by atoms with Gasteiger partial charge in [-0.1, -0.05) is 48.5 Å². The van der Waals surface area contributed by atoms with E-state index in [2.05, 4.69) is 61.2 Å². The Hall–Kier alpha value is -4.12. The summed E-state index contributed by atoms with van der Waals surface area (Å²) >= 11 is 0. The Morgan fingerprint density at radius 1 is 0.714 bits per heavy atom. The first-order valence-electron chi connectivity index (χ1n) is 12.1. The van der Waals surface area contributed by atoms with E-state index in [9.17, 15) is 0 Å². The molecule has 0 saturated carbocycles. The molecular weight excluding hydrogens is 434 g/mol. The first-order valence-corrected chi connectivity index (χ1v) is 12.1. The molecule has 1 unspecified atom stereocenters. The Bertz CT molecular complexity index is 1440. The van der Waals surface area contributed by atoms with Gasteiger partial charge in [-0.05, 0) is 61.7 Å². The van der Waals surface area contributed by atoms with Gasteiger partial charge in [0.25, 0.3) is 0 Å². The normalized spacial score (nSPS) is 12.0. The van der Waals surface area contributed by atoms with Gasteiger partial charge in [0.1, 0.15) is 5.75 Å². The van der Waals surface area contributed by atoms with Crippen LogP contribution in [0.15, 0.2) is 91.0 Å². The Kier molecular flexibility index (Phi) is 6.49. The zero-order valence-electron chi connectivity index (χ0n) is 20.3. The van der Waals surface area contributed by atoms with E-state index in [1.54, 1.807) is 0 Å². The van der Waals surface area contributed by atoms with Crippen molar-refractivity contribution in [1.29, 1.82) is 0 Å². The topological polar surface area (TPSA) is 47.5 Å². The molecule has 1 heterocycles. The lowest BCUT2D eigenvalue weighted by Gasteiger charge is -2.21. The van der Waals surface area contributed by atoms with Crippen LogP contribution < -0.4 is 14.4 Å². The maximum Gasteiger partial charge on any atom is 0.240 e. The molecule has 0 aliphatic rings. The summed E-state index contributed by atoms with van der Waals surface area (Å²) < 4.78 is 12.5. The van der Waals surface area contributed by atoms with Crippen molar-refractivity contribution in [2.45, 2.75) is 27.1 Å². The first kappa shape index (κ1) is 22.7. The second-order valence-corrected chi connectivity index (χ2v) is 8.37. The van der Waals surface area contributed by atoms with Crippen molar-refractivity contribution in [1.82, 2.24) is 9.97 Å². The minimum atomic E-state index is -0.544. The molecule has 5 aromatic rings. The summed E-state index contributed by atoms with van der Waals surface area (Å²) in [4.78, 5) is 11.9. The Balaban J connectivity index is 1.46. The third kappa shape index (κ3) is 4.76. The van der Waals surface area contributed by atoms with E-state index < -0.39 is 6.29 Å². The molecule has 0 fully saturated rings. The van der Waals surface area contributed by atoms with Crippen LogP contribution in [0.25, 0.3) is 33.1 Å². The fourth-order valence-corrected chi connectivity index (χ4v) is 4.34. The van der Waals surface area contributed by atoms with Gasteiger partial charge in [0.15, 0.2) is 5.82 Å². The summed E-state index contributed by atoms with van der Waals surface area (Å²) in [5, 5.41) is 3.02. The van der Waals surface area contributed by atoms with Gasteiger partial charge in [0.05, 0.1) is 10.9 Å². The molecule has 0 radical (unpaired) electrons. The second kappa shape index (κ2) is 10.0. The summed E-state index contributed by atoms with van der Waals surface area (Å²) in [6.45, 7) is 8.14. The smallest absolute Gasteiger partial charge is 0.240 e. The van der Waals surface area contributed by atoms with Crippen LogP contribution in [0.1, 0.15) is 20.8 Å². The van der Waals surface area contributed by atoms with Crippen LogP contribution in [0.4, 0.5) is 5.69 Å². The number of hydrogen-bond acceptors (Lipinski definition) is 5. The third-order valence-electron chi connectivity index (χ3n) is 6.14. The van der Waals surface area contributed by atoms with Gasteiger partial charge in [0, 0.05) is 36.7 Å². The van der Waals surface area contributed by atoms with Crippen molar-refractivity contribution >= 4 is 27.4 Å². The first-order chi connectivity index (χ1) is 17.2. The minimum absolute atomic E-state index is 0.506. The highest BCUT2D eigenvalue weighted by atomic mass is 16.7. The molecule has 0 aliphatic heterocycles. The lowest BCUT2D eigenvalue weighted by Crippen LogP contribution is -2.21. The third-order valence-corrected chi connectivity index (χ3v) is 6.14. The van der Waals surface area contributed by atoms with Crippen molar-refractivity contribution in [3.05, 3.63) is 91.0 Å². The highest BCUT2D eigenvalue weighted by molar-refractivity contribution is 5.88. The van der Waals surface area contributed by atoms with E-state index in [0.29, 0.717) is 11.7 Å². The molecule has 0 N–H and O–H groups in total. The number of rotatable bonds is 8. The number of benzene rings is 4. The highest BCUT2D eigenvalue weighted by Crippen LogP contribution is 2.30. The van der Waals surface area contributed by atoms with Crippen LogP contribution in [0.2, 0.25) is 0 Å². The van der Waals surface area contributed by atoms with E-state index in [1.165, 1.54) is 5.69 Å². The lowest BCUT2D eigenvalue weighted by molar-refractivity contribution is 0.0213. The van der Waals surface area contributed by atoms with Crippen LogP contribution in [0, 0.1) is 0 Å². The molecule has 1 aromatic heterocycles. The van der Waals surface area contributed by atoms with Crippen molar-refractivity contribution in [2.75, 3.05) is 18.0 Å². The standard InChI is InChI=1S/C30H29N3O2/c1-4-33(5-2)24-19-17-23(18-20-24)29-31-27-15-9-8-14-26(27)30(32-29)35-21(3)34-28-16-10-12-22-11-6-7-13-25(22)28/h6-21H,4-5H2,1-3H3. The molecule has 35 heavy (non-hydrogen) atoms. The second-order valence-electron chi connectivity index (χ2n) is 8.37. The molecule has 0 amide bonds. The summed E-state index contributed by atoms with van der Waals surface area (Å²) in [5.41, 5.74) is 2.96. The molecule has 0 bridgehead atoms. The van der Waals surface area contributed by atoms with E-state index in [-0.39, 0.29) is 0 Å². The molecule has 176 valence electrons. The van der Waals surface area contributed by atoms with Crippen molar-refractivity contribution in [2.24, 2.45) is 0 Å². The van der Waals surface area contributed by atoms with E-state index in [1.807, 2.05) is 55.5 Å². The average Bonchev–Trinajstić information content (AvgIpc) is 2.90. The lowest BCUT2D eigenvalue weighted by atomic mass is 10.1. The zero-order chi connectivity index (χ0) is 24.2. The predicted molar refractivity (Wildman–Crippen MR) is 143 cm³/mol. The SMILES string of the molecule is CCN(CC)c1ccc(-c2nc(OC(C)Oc3cccc4ccccc34)c3ccccc3n2)cc1. The minimum Gasteiger partial charge on any atom is -0.454 e. The average molecular weight is 464 g/mol. The van der Waals surface area contributed by atoms with Gasteiger partial charge in [0.2, 0.25) is 12.2 Å². The van der Waals surface area contributed by atoms with E-state index in [0.717, 1.165) is 46.1 Å². The van der Waals surface area contributed by atoms with Crippen LogP contribution >= 0.6 is 0 Å². The number of hydrogen-bond donors (Lipinski definition) is 0. The largest absolute Gasteiger partial charge is 0.454 e. The Labute approximate surface area is 206 Å². The summed E-state index contributed by atoms with van der Waals surface area (Å²) in [5.74, 6) is 1.91. The van der Waals surface area contributed by atoms with Crippen molar-refractivity contribution in [3.63, 3.8) is 0 Å². The van der Waals surface area contributed by atoms with Gasteiger partial charge in [-0.15, -0.1) is 0 Å². The molecule has 1 atom stereocenters. The Morgan fingerprint density at radius 3 is 2.17 bits per heavy atom. The number of para-hydroxylation sites is 1. The number of aromatic nitrogens is 2. The van der Waals surface area contributed by atoms with Crippen LogP contribution in [0.3, 0.4) is 0 Å². The monoisotopic (exact) mass is 463 g/mol. The molecule has 4 aromatic carbocycles. The van der Waals surface area contributed by atoms with Gasteiger partial charge in [-0.25, -0.2) is 4.98 Å². The number of nitrogens with zero attached hydrogens (tertiary/aromatic N) is 3. The van der Waals surface area contributed by atoms with Gasteiger partial charge in [-0.2, -0.15) is 4.98 Å². The number of fused-ring (bicyclic) bond motifs is 2. The molecule has 5 nitrogen and oxygen atoms in total. The molecule has 0 spiro atoms. The van der Waals surface area contributed by atoms with Gasteiger partial charge in [-0.3, -0.25) is 0 Å². The van der Waals surface area contributed by atoms with Crippen LogP contribution in [0.5, 0.6) is 11.6 Å². The molecule has 5 heteroatoms. The molecule has 0 saturated heterocycles. The fourth-order valence-electron chi connectivity index (χ4n) is 4.34. The Morgan fingerprint density at radius 2 is 1.40 bits per heavy atom. The maximum absolute atomic E-state index is 6.26. The van der Waals surface area contributed by atoms with Crippen molar-refractivity contribution in [3.8, 4) is 23.0 Å². The van der Waals surface area contributed by atoms with Gasteiger partial charge < -0.3 is 14.4 Å². The predicted octanol–water partition coefficient (Wildman–Crippen LogP) is 7.10. The molecular formula is C30H29N3O2. The maximum atomic E-state index is 6.26. The van der Waals surface area contributed by atoms with Crippen LogP contribution in [-0.4, -0.2) is 29.3 Å². The fraction of sp³-hybridized carbons (Fsp3) is 0.200. The number of ether oxygens (including phenoxy) is 2. The quantitative estimate of drug-likeness (QED) is 0.230. The number of anilines is 1. The van der Waals surface area contributed by atoms with Crippen molar-refractivity contribution < 1.29 is 9.47 Å². The van der Waals surface area contributed by atoms with E-state index in [4.69, 9.17) is 19.4 Å². The zero-order valence-corrected chi connectivity index (χ0v) is 20.3. The highest BCUT2D eigenvalue weighted by Gasteiger charge is 2.15. The summed E-state index contributed by atoms with van der Waals surface area (Å²) in [6, 6.07) is 30.5. The molecule has 0 aliphatic carbocycles.